The van der Waals surface area contributed by atoms with Crippen molar-refractivity contribution in [2.75, 3.05) is 14.2 Å². The molecule has 0 aliphatic carbocycles. The van der Waals surface area contributed by atoms with E-state index in [0.29, 0.717) is 5.56 Å². The molecule has 0 aromatic heterocycles. The fourth-order valence-electron chi connectivity index (χ4n) is 2.78. The molecule has 6 heteroatoms. The molecular formula is C14H16FNO4. The van der Waals surface area contributed by atoms with Crippen LogP contribution in [0, 0.1) is 11.7 Å². The van der Waals surface area contributed by atoms with Crippen LogP contribution >= 0.6 is 0 Å². The van der Waals surface area contributed by atoms with E-state index in [-0.39, 0.29) is 12.2 Å². The van der Waals surface area contributed by atoms with Crippen molar-refractivity contribution in [3.05, 3.63) is 35.6 Å². The Labute approximate surface area is 116 Å². The van der Waals surface area contributed by atoms with E-state index in [1.54, 1.807) is 24.1 Å². The lowest BCUT2D eigenvalue weighted by Gasteiger charge is -2.25. The van der Waals surface area contributed by atoms with Crippen LogP contribution < -0.4 is 0 Å². The quantitative estimate of drug-likeness (QED) is 0.849. The molecule has 2 rings (SSSR count). The summed E-state index contributed by atoms with van der Waals surface area (Å²) in [5, 5.41) is 9.34. The summed E-state index contributed by atoms with van der Waals surface area (Å²) in [6, 6.07) is 4.59. The number of rotatable bonds is 3. The predicted octanol–water partition coefficient (Wildman–Crippen LogP) is 1.44. The minimum Gasteiger partial charge on any atom is -0.481 e. The fourth-order valence-corrected chi connectivity index (χ4v) is 2.78. The van der Waals surface area contributed by atoms with Gasteiger partial charge < -0.3 is 9.84 Å². The summed E-state index contributed by atoms with van der Waals surface area (Å²) in [6.07, 6.45) is 0.181. The highest BCUT2D eigenvalue weighted by molar-refractivity contribution is 5.79. The standard InChI is InChI=1S/C14H16FNO4/c1-16-11(14(19)20-2)7-10(13(17)18)12(16)8-3-5-9(15)6-4-8/h3-6,10-12H,7H2,1-2H3,(H,17,18)/t10-,11-,12-/m0/s1. The molecule has 1 aromatic rings. The number of aliphatic carboxylic acids is 1. The van der Waals surface area contributed by atoms with Crippen LogP contribution in [0.5, 0.6) is 0 Å². The number of benzene rings is 1. The maximum atomic E-state index is 13.0. The second-order valence-electron chi connectivity index (χ2n) is 4.88. The highest BCUT2D eigenvalue weighted by Crippen LogP contribution is 2.40. The van der Waals surface area contributed by atoms with Crippen molar-refractivity contribution in [3.63, 3.8) is 0 Å². The average molecular weight is 281 g/mol. The maximum absolute atomic E-state index is 13.0. The number of carboxylic acid groups (broad SMARTS) is 1. The molecule has 5 nitrogen and oxygen atoms in total. The zero-order valence-electron chi connectivity index (χ0n) is 11.2. The van der Waals surface area contributed by atoms with Crippen LogP contribution in [0.1, 0.15) is 18.0 Å². The third kappa shape index (κ3) is 2.51. The van der Waals surface area contributed by atoms with E-state index in [1.165, 1.54) is 19.2 Å². The number of nitrogens with zero attached hydrogens (tertiary/aromatic N) is 1. The minimum absolute atomic E-state index is 0.181. The summed E-state index contributed by atoms with van der Waals surface area (Å²) >= 11 is 0. The topological polar surface area (TPSA) is 66.8 Å². The van der Waals surface area contributed by atoms with Crippen LogP contribution in [0.15, 0.2) is 24.3 Å². The Kier molecular flexibility index (Phi) is 4.04. The zero-order valence-corrected chi connectivity index (χ0v) is 11.2. The second kappa shape index (κ2) is 5.58. The van der Waals surface area contributed by atoms with Crippen molar-refractivity contribution >= 4 is 11.9 Å². The van der Waals surface area contributed by atoms with Crippen molar-refractivity contribution in [2.45, 2.75) is 18.5 Å². The molecular weight excluding hydrogens is 265 g/mol. The molecule has 1 aliphatic rings. The highest BCUT2D eigenvalue weighted by Gasteiger charge is 2.47. The molecule has 0 spiro atoms. The normalized spacial score (nSPS) is 26.4. The Bertz CT molecular complexity index is 516. The van der Waals surface area contributed by atoms with E-state index in [4.69, 9.17) is 4.74 Å². The Morgan fingerprint density at radius 3 is 2.45 bits per heavy atom. The molecule has 0 bridgehead atoms. The number of likely N-dealkylation sites (N-methyl/N-ethyl adjacent to an activating group) is 1. The zero-order chi connectivity index (χ0) is 14.9. The number of methoxy groups -OCH3 is 1. The third-order valence-corrected chi connectivity index (χ3v) is 3.79. The van der Waals surface area contributed by atoms with Crippen LogP contribution in [0.3, 0.4) is 0 Å². The molecule has 1 aromatic carbocycles. The number of ether oxygens (including phenoxy) is 1. The van der Waals surface area contributed by atoms with Crippen LogP contribution in [0.25, 0.3) is 0 Å². The first kappa shape index (κ1) is 14.5. The lowest BCUT2D eigenvalue weighted by atomic mass is 9.93. The van der Waals surface area contributed by atoms with Gasteiger partial charge in [0.2, 0.25) is 0 Å². The van der Waals surface area contributed by atoms with E-state index in [2.05, 4.69) is 0 Å². The highest BCUT2D eigenvalue weighted by atomic mass is 19.1. The van der Waals surface area contributed by atoms with Gasteiger partial charge in [-0.15, -0.1) is 0 Å². The van der Waals surface area contributed by atoms with Gasteiger partial charge in [0.05, 0.1) is 13.0 Å². The van der Waals surface area contributed by atoms with Crippen molar-refractivity contribution in [1.82, 2.24) is 4.90 Å². The molecule has 1 heterocycles. The number of esters is 1. The molecule has 0 saturated carbocycles. The maximum Gasteiger partial charge on any atom is 0.323 e. The summed E-state index contributed by atoms with van der Waals surface area (Å²) in [5.74, 6) is -2.54. The van der Waals surface area contributed by atoms with E-state index in [0.717, 1.165) is 0 Å². The Morgan fingerprint density at radius 1 is 1.35 bits per heavy atom. The molecule has 20 heavy (non-hydrogen) atoms. The van der Waals surface area contributed by atoms with E-state index < -0.39 is 29.9 Å². The Morgan fingerprint density at radius 2 is 1.95 bits per heavy atom. The van der Waals surface area contributed by atoms with Gasteiger partial charge in [-0.25, -0.2) is 4.39 Å². The van der Waals surface area contributed by atoms with Gasteiger partial charge in [0, 0.05) is 6.04 Å². The molecule has 0 amide bonds. The van der Waals surface area contributed by atoms with Gasteiger partial charge in [-0.2, -0.15) is 0 Å². The van der Waals surface area contributed by atoms with Crippen LogP contribution in [0.4, 0.5) is 4.39 Å². The second-order valence-corrected chi connectivity index (χ2v) is 4.88. The smallest absolute Gasteiger partial charge is 0.323 e. The fraction of sp³-hybridized carbons (Fsp3) is 0.429. The predicted molar refractivity (Wildman–Crippen MR) is 68.5 cm³/mol. The average Bonchev–Trinajstić information content (AvgIpc) is 2.77. The molecule has 1 N–H and O–H groups in total. The number of likely N-dealkylation sites (tertiary alicyclic amines) is 1. The number of carbonyl (C=O) groups is 2. The van der Waals surface area contributed by atoms with Gasteiger partial charge >= 0.3 is 11.9 Å². The molecule has 1 saturated heterocycles. The number of halogens is 1. The van der Waals surface area contributed by atoms with Gasteiger partial charge in [-0.1, -0.05) is 12.1 Å². The summed E-state index contributed by atoms with van der Waals surface area (Å²) in [5.41, 5.74) is 0.674. The lowest BCUT2D eigenvalue weighted by molar-refractivity contribution is -0.145. The molecule has 108 valence electrons. The van der Waals surface area contributed by atoms with Gasteiger partial charge in [0.1, 0.15) is 11.9 Å². The van der Waals surface area contributed by atoms with E-state index >= 15 is 0 Å². The molecule has 0 unspecified atom stereocenters. The molecule has 1 fully saturated rings. The Hall–Kier alpha value is -1.95. The Balaban J connectivity index is 2.35. The first-order valence-electron chi connectivity index (χ1n) is 6.23. The van der Waals surface area contributed by atoms with Crippen LogP contribution in [-0.4, -0.2) is 42.1 Å². The number of hydrogen-bond donors (Lipinski definition) is 1. The van der Waals surface area contributed by atoms with Crippen LogP contribution in [0.2, 0.25) is 0 Å². The van der Waals surface area contributed by atoms with E-state index in [1.807, 2.05) is 0 Å². The van der Waals surface area contributed by atoms with Gasteiger partial charge in [-0.3, -0.25) is 14.5 Å². The van der Waals surface area contributed by atoms with Crippen LogP contribution in [-0.2, 0) is 14.3 Å². The first-order valence-corrected chi connectivity index (χ1v) is 6.23. The van der Waals surface area contributed by atoms with Crippen molar-refractivity contribution in [2.24, 2.45) is 5.92 Å². The first-order chi connectivity index (χ1) is 9.45. The van der Waals surface area contributed by atoms with Gasteiger partial charge in [0.25, 0.3) is 0 Å². The van der Waals surface area contributed by atoms with Gasteiger partial charge in [-0.05, 0) is 31.2 Å². The SMILES string of the molecule is COC(=O)[C@@H]1C[C@H](C(=O)O)[C@H](c2ccc(F)cc2)N1C. The largest absolute Gasteiger partial charge is 0.481 e. The summed E-state index contributed by atoms with van der Waals surface area (Å²) in [7, 11) is 2.95. The van der Waals surface area contributed by atoms with Crippen molar-refractivity contribution in [3.8, 4) is 0 Å². The van der Waals surface area contributed by atoms with E-state index in [9.17, 15) is 19.1 Å². The third-order valence-electron chi connectivity index (χ3n) is 3.79. The summed E-state index contributed by atoms with van der Waals surface area (Å²) < 4.78 is 17.7. The van der Waals surface area contributed by atoms with Gasteiger partial charge in [0.15, 0.2) is 0 Å². The molecule has 1 aliphatic heterocycles. The summed E-state index contributed by atoms with van der Waals surface area (Å²) in [4.78, 5) is 24.8. The number of hydrogen-bond acceptors (Lipinski definition) is 4. The minimum atomic E-state index is -0.974. The van der Waals surface area contributed by atoms with Crippen molar-refractivity contribution in [1.29, 1.82) is 0 Å². The molecule has 0 radical (unpaired) electrons. The van der Waals surface area contributed by atoms with Crippen molar-refractivity contribution < 1.29 is 23.8 Å². The lowest BCUT2D eigenvalue weighted by Crippen LogP contribution is -2.35. The monoisotopic (exact) mass is 281 g/mol. The summed E-state index contributed by atoms with van der Waals surface area (Å²) in [6.45, 7) is 0. The number of carboxylic acids is 1. The number of carbonyl (C=O) groups excluding carboxylic acids is 1. The molecule has 3 atom stereocenters.